The third kappa shape index (κ3) is 0.907. The molecule has 2 aromatic heterocycles. The summed E-state index contributed by atoms with van der Waals surface area (Å²) in [5.74, 6) is 0. The number of hydrogen-bond donors (Lipinski definition) is 0. The lowest BCUT2D eigenvalue weighted by atomic mass is 10.3. The van der Waals surface area contributed by atoms with E-state index in [1.807, 2.05) is 4.57 Å². The quantitative estimate of drug-likeness (QED) is 0.572. The summed E-state index contributed by atoms with van der Waals surface area (Å²) in [5.41, 5.74) is 0.479. The van der Waals surface area contributed by atoms with Gasteiger partial charge in [0.25, 0.3) is 5.56 Å². The summed E-state index contributed by atoms with van der Waals surface area (Å²) in [6.07, 6.45) is 2.53. The van der Waals surface area contributed by atoms with Crippen LogP contribution in [-0.2, 0) is 20.1 Å². The topological polar surface area (TPSA) is 61.8 Å². The smallest absolute Gasteiger partial charge is 0.316 e. The van der Waals surface area contributed by atoms with Crippen LogP contribution in [0.5, 0.6) is 0 Å². The predicted molar refractivity (Wildman–Crippen MR) is 53.9 cm³/mol. The van der Waals surface area contributed by atoms with E-state index in [-0.39, 0.29) is 11.2 Å². The molecule has 0 aliphatic carbocycles. The van der Waals surface area contributed by atoms with Crippen LogP contribution in [0.1, 0.15) is 6.42 Å². The van der Waals surface area contributed by atoms with Crippen LogP contribution in [0.2, 0.25) is 0 Å². The maximum atomic E-state index is 11.8. The molecule has 0 N–H and O–H groups in total. The van der Waals surface area contributed by atoms with E-state index in [0.717, 1.165) is 17.5 Å². The molecule has 0 fully saturated rings. The van der Waals surface area contributed by atoms with Crippen molar-refractivity contribution in [2.45, 2.75) is 19.5 Å². The molecule has 0 aromatic carbocycles. The molecule has 0 spiro atoms. The summed E-state index contributed by atoms with van der Waals surface area (Å²) < 4.78 is 4.60. The Bertz CT molecular complexity index is 661. The summed E-state index contributed by atoms with van der Waals surface area (Å²) in [6, 6.07) is 0. The maximum Gasteiger partial charge on any atom is 0.332 e. The lowest BCUT2D eigenvalue weighted by molar-refractivity contribution is 0.497. The molecule has 3 heterocycles. The maximum absolute atomic E-state index is 11.8. The van der Waals surface area contributed by atoms with Crippen molar-refractivity contribution in [2.75, 3.05) is 0 Å². The lowest BCUT2D eigenvalue weighted by Crippen LogP contribution is -2.40. The van der Waals surface area contributed by atoms with Gasteiger partial charge in [-0.05, 0) is 6.42 Å². The van der Waals surface area contributed by atoms with Crippen molar-refractivity contribution in [3.05, 3.63) is 27.2 Å². The van der Waals surface area contributed by atoms with Gasteiger partial charge in [0, 0.05) is 20.1 Å². The molecule has 15 heavy (non-hydrogen) atoms. The highest BCUT2D eigenvalue weighted by molar-refractivity contribution is 5.70. The summed E-state index contributed by atoms with van der Waals surface area (Å²) >= 11 is 0. The Morgan fingerprint density at radius 3 is 2.93 bits per heavy atom. The molecule has 0 radical (unpaired) electrons. The average molecular weight is 206 g/mol. The third-order valence-corrected chi connectivity index (χ3v) is 2.87. The van der Waals surface area contributed by atoms with Gasteiger partial charge in [0.05, 0.1) is 6.33 Å². The number of aryl methyl sites for hydroxylation is 2. The second kappa shape index (κ2) is 2.59. The number of aromatic nitrogens is 4. The Hall–Kier alpha value is -1.85. The van der Waals surface area contributed by atoms with E-state index in [1.165, 1.54) is 7.05 Å². The minimum atomic E-state index is -0.313. The molecule has 1 aliphatic heterocycles. The molecule has 0 amide bonds. The first-order chi connectivity index (χ1) is 7.20. The molecule has 0 saturated carbocycles. The first-order valence-electron chi connectivity index (χ1n) is 4.85. The minimum Gasteiger partial charge on any atom is -0.316 e. The van der Waals surface area contributed by atoms with E-state index < -0.39 is 0 Å². The summed E-state index contributed by atoms with van der Waals surface area (Å²) in [6.45, 7) is 1.48. The average Bonchev–Trinajstić information content (AvgIpc) is 2.68. The fourth-order valence-corrected chi connectivity index (χ4v) is 2.09. The highest BCUT2D eigenvalue weighted by Crippen LogP contribution is 2.12. The second-order valence-corrected chi connectivity index (χ2v) is 3.76. The van der Waals surface area contributed by atoms with Crippen LogP contribution in [-0.4, -0.2) is 18.7 Å². The van der Waals surface area contributed by atoms with Crippen LogP contribution < -0.4 is 11.2 Å². The van der Waals surface area contributed by atoms with Gasteiger partial charge in [-0.25, -0.2) is 9.78 Å². The van der Waals surface area contributed by atoms with Gasteiger partial charge in [-0.3, -0.25) is 13.9 Å². The molecular formula is C9H10N4O2. The van der Waals surface area contributed by atoms with Crippen molar-refractivity contribution >= 4 is 11.2 Å². The van der Waals surface area contributed by atoms with Crippen LogP contribution in [0.25, 0.3) is 11.2 Å². The van der Waals surface area contributed by atoms with Gasteiger partial charge in [-0.2, -0.15) is 0 Å². The first kappa shape index (κ1) is 8.46. The molecule has 1 aliphatic rings. The molecule has 3 rings (SSSR count). The highest BCUT2D eigenvalue weighted by atomic mass is 16.2. The van der Waals surface area contributed by atoms with Crippen molar-refractivity contribution < 1.29 is 0 Å². The zero-order valence-corrected chi connectivity index (χ0v) is 8.30. The zero-order chi connectivity index (χ0) is 10.6. The Labute approximate surface area is 84.4 Å². The largest absolute Gasteiger partial charge is 0.332 e. The van der Waals surface area contributed by atoms with E-state index in [1.54, 1.807) is 10.9 Å². The van der Waals surface area contributed by atoms with Crippen molar-refractivity contribution in [2.24, 2.45) is 7.05 Å². The van der Waals surface area contributed by atoms with Gasteiger partial charge >= 0.3 is 5.69 Å². The van der Waals surface area contributed by atoms with Gasteiger partial charge in [-0.15, -0.1) is 0 Å². The normalized spacial score (nSPS) is 14.7. The fraction of sp³-hybridized carbons (Fsp3) is 0.444. The van der Waals surface area contributed by atoms with Gasteiger partial charge in [0.15, 0.2) is 5.52 Å². The molecule has 0 saturated heterocycles. The van der Waals surface area contributed by atoms with Crippen LogP contribution in [0, 0.1) is 0 Å². The SMILES string of the molecule is Cn1c(=O)c2ncn3c2n(c1=O)CCC3. The highest BCUT2D eigenvalue weighted by Gasteiger charge is 2.18. The minimum absolute atomic E-state index is 0.256. The zero-order valence-electron chi connectivity index (χ0n) is 8.30. The number of imidazole rings is 1. The van der Waals surface area contributed by atoms with Gasteiger partial charge in [0.2, 0.25) is 0 Å². The van der Waals surface area contributed by atoms with Gasteiger partial charge < -0.3 is 4.57 Å². The molecule has 0 bridgehead atoms. The Balaban J connectivity index is 2.67. The van der Waals surface area contributed by atoms with Gasteiger partial charge in [-0.1, -0.05) is 0 Å². The fourth-order valence-electron chi connectivity index (χ4n) is 2.09. The molecule has 6 heteroatoms. The van der Waals surface area contributed by atoms with Crippen molar-refractivity contribution in [3.63, 3.8) is 0 Å². The van der Waals surface area contributed by atoms with E-state index in [0.29, 0.717) is 17.7 Å². The number of nitrogens with zero attached hydrogens (tertiary/aromatic N) is 4. The standard InChI is InChI=1S/C9H10N4O2/c1-11-8(14)6-7-12(5-10-6)3-2-4-13(7)9(11)15/h5H,2-4H2,1H3. The molecule has 0 atom stereocenters. The number of hydrogen-bond acceptors (Lipinski definition) is 3. The predicted octanol–water partition coefficient (Wildman–Crippen LogP) is -0.700. The van der Waals surface area contributed by atoms with E-state index in [2.05, 4.69) is 4.98 Å². The van der Waals surface area contributed by atoms with Crippen molar-refractivity contribution in [3.8, 4) is 0 Å². The summed E-state index contributed by atoms with van der Waals surface area (Å²) in [5, 5.41) is 0. The van der Waals surface area contributed by atoms with E-state index in [9.17, 15) is 9.59 Å². The van der Waals surface area contributed by atoms with Gasteiger partial charge in [0.1, 0.15) is 5.65 Å². The van der Waals surface area contributed by atoms with Crippen LogP contribution in [0.4, 0.5) is 0 Å². The van der Waals surface area contributed by atoms with Crippen molar-refractivity contribution in [1.29, 1.82) is 0 Å². The Morgan fingerprint density at radius 2 is 2.13 bits per heavy atom. The molecule has 2 aromatic rings. The Morgan fingerprint density at radius 1 is 1.33 bits per heavy atom. The van der Waals surface area contributed by atoms with E-state index >= 15 is 0 Å². The van der Waals surface area contributed by atoms with Crippen LogP contribution >= 0.6 is 0 Å². The Kier molecular flexibility index (Phi) is 1.46. The molecule has 78 valence electrons. The third-order valence-electron chi connectivity index (χ3n) is 2.87. The summed E-state index contributed by atoms with van der Waals surface area (Å²) in [4.78, 5) is 27.6. The van der Waals surface area contributed by atoms with Crippen LogP contribution in [0.3, 0.4) is 0 Å². The van der Waals surface area contributed by atoms with Crippen LogP contribution in [0.15, 0.2) is 15.9 Å². The summed E-state index contributed by atoms with van der Waals surface area (Å²) in [7, 11) is 1.49. The monoisotopic (exact) mass is 206 g/mol. The number of rotatable bonds is 0. The van der Waals surface area contributed by atoms with Crippen molar-refractivity contribution in [1.82, 2.24) is 18.7 Å². The van der Waals surface area contributed by atoms with E-state index in [4.69, 9.17) is 0 Å². The lowest BCUT2D eigenvalue weighted by Gasteiger charge is -2.16. The molecule has 6 nitrogen and oxygen atoms in total. The second-order valence-electron chi connectivity index (χ2n) is 3.76. The first-order valence-corrected chi connectivity index (χ1v) is 4.85. The molecular weight excluding hydrogens is 196 g/mol. The molecule has 0 unspecified atom stereocenters.